The molecular weight excluding hydrogens is 452 g/mol. The zero-order chi connectivity index (χ0) is 25.9. The van der Waals surface area contributed by atoms with Gasteiger partial charge in [-0.25, -0.2) is 9.59 Å². The average molecular weight is 481 g/mol. The molecular formula is C24H28N6O5. The lowest BCUT2D eigenvalue weighted by atomic mass is 10.1. The number of nitro benzene ring substituents is 1. The topological polar surface area (TPSA) is 137 Å². The van der Waals surface area contributed by atoms with Crippen molar-refractivity contribution >= 4 is 34.3 Å². The molecule has 11 heteroatoms. The van der Waals surface area contributed by atoms with Crippen LogP contribution >= 0.6 is 0 Å². The minimum absolute atomic E-state index is 0.0167. The van der Waals surface area contributed by atoms with Gasteiger partial charge in [0.05, 0.1) is 33.6 Å². The molecule has 11 nitrogen and oxygen atoms in total. The lowest BCUT2D eigenvalue weighted by Crippen LogP contribution is -2.38. The van der Waals surface area contributed by atoms with E-state index in [2.05, 4.69) is 25.3 Å². The van der Waals surface area contributed by atoms with E-state index >= 15 is 0 Å². The van der Waals surface area contributed by atoms with Crippen molar-refractivity contribution in [3.05, 3.63) is 75.2 Å². The number of imide groups is 1. The zero-order valence-electron chi connectivity index (χ0n) is 19.9. The van der Waals surface area contributed by atoms with Crippen LogP contribution in [-0.2, 0) is 17.8 Å². The molecule has 0 saturated carbocycles. The van der Waals surface area contributed by atoms with Gasteiger partial charge in [-0.3, -0.25) is 28.9 Å². The molecule has 0 spiro atoms. The summed E-state index contributed by atoms with van der Waals surface area (Å²) in [5.41, 5.74) is 6.62. The number of urea groups is 1. The molecule has 3 rings (SSSR count). The number of primary amides is 1. The van der Waals surface area contributed by atoms with E-state index in [0.717, 1.165) is 18.8 Å². The molecule has 0 saturated heterocycles. The zero-order valence-corrected chi connectivity index (χ0v) is 19.9. The Hall–Kier alpha value is -4.41. The number of nitro groups is 1. The second-order valence-corrected chi connectivity index (χ2v) is 7.86. The van der Waals surface area contributed by atoms with Crippen LogP contribution < -0.4 is 16.3 Å². The van der Waals surface area contributed by atoms with E-state index in [1.807, 2.05) is 12.1 Å². The highest BCUT2D eigenvalue weighted by atomic mass is 16.6. The molecule has 0 aliphatic rings. The number of hydrogen-bond acceptors (Lipinski definition) is 6. The van der Waals surface area contributed by atoms with Crippen molar-refractivity contribution in [1.29, 1.82) is 0 Å². The second-order valence-electron chi connectivity index (χ2n) is 7.86. The van der Waals surface area contributed by atoms with Crippen LogP contribution in [0.25, 0.3) is 16.7 Å². The quantitative estimate of drug-likeness (QED) is 0.284. The number of aromatic nitrogens is 2. The maximum Gasteiger partial charge on any atom is 0.334 e. The fraction of sp³-hybridized carbons (Fsp3) is 0.292. The molecule has 2 N–H and O–H groups in total. The van der Waals surface area contributed by atoms with Crippen LogP contribution in [0.2, 0.25) is 0 Å². The van der Waals surface area contributed by atoms with Crippen LogP contribution in [0.4, 0.5) is 16.2 Å². The lowest BCUT2D eigenvalue weighted by molar-refractivity contribution is -0.385. The number of imidazole rings is 1. The van der Waals surface area contributed by atoms with Crippen LogP contribution in [0.5, 0.6) is 0 Å². The summed E-state index contributed by atoms with van der Waals surface area (Å²) in [6, 6.07) is 9.18. The first kappa shape index (κ1) is 25.2. The van der Waals surface area contributed by atoms with Crippen molar-refractivity contribution in [2.24, 2.45) is 5.73 Å². The number of allylic oxidation sites excluding steroid dienone is 1. The number of carbonyl (C=O) groups excluding carboxylic acids is 2. The van der Waals surface area contributed by atoms with E-state index in [-0.39, 0.29) is 23.3 Å². The van der Waals surface area contributed by atoms with Gasteiger partial charge >= 0.3 is 11.7 Å². The highest BCUT2D eigenvalue weighted by Crippen LogP contribution is 2.30. The van der Waals surface area contributed by atoms with Crippen molar-refractivity contribution in [3.8, 4) is 5.69 Å². The van der Waals surface area contributed by atoms with Gasteiger partial charge in [0.2, 0.25) is 5.91 Å². The predicted molar refractivity (Wildman–Crippen MR) is 134 cm³/mol. The van der Waals surface area contributed by atoms with E-state index in [1.54, 1.807) is 12.1 Å². The Labute approximate surface area is 201 Å². The van der Waals surface area contributed by atoms with Gasteiger partial charge in [0.15, 0.2) is 0 Å². The Morgan fingerprint density at radius 3 is 2.29 bits per heavy atom. The Kier molecular flexibility index (Phi) is 7.38. The van der Waals surface area contributed by atoms with Crippen LogP contribution in [0, 0.1) is 10.1 Å². The van der Waals surface area contributed by atoms with Crippen LogP contribution in [0.1, 0.15) is 19.4 Å². The number of fused-ring (bicyclic) bond motifs is 1. The number of nitrogens with zero attached hydrogens (tertiary/aromatic N) is 5. The van der Waals surface area contributed by atoms with Gasteiger partial charge in [-0.15, -0.1) is 6.58 Å². The smallest absolute Gasteiger partial charge is 0.334 e. The van der Waals surface area contributed by atoms with Gasteiger partial charge in [0.25, 0.3) is 5.69 Å². The number of hydrogen-bond donors (Lipinski definition) is 1. The van der Waals surface area contributed by atoms with Crippen molar-refractivity contribution in [2.75, 3.05) is 25.0 Å². The first-order valence-corrected chi connectivity index (χ1v) is 11.1. The molecule has 184 valence electrons. The fourth-order valence-electron chi connectivity index (χ4n) is 4.10. The van der Waals surface area contributed by atoms with Crippen molar-refractivity contribution in [2.45, 2.75) is 26.8 Å². The molecule has 1 heterocycles. The summed E-state index contributed by atoms with van der Waals surface area (Å²) < 4.78 is 2.78. The Balaban J connectivity index is 2.30. The highest BCUT2D eigenvalue weighted by Gasteiger charge is 2.27. The molecule has 35 heavy (non-hydrogen) atoms. The Bertz CT molecular complexity index is 1350. The molecule has 2 aromatic carbocycles. The van der Waals surface area contributed by atoms with Gasteiger partial charge in [-0.05, 0) is 44.2 Å². The fourth-order valence-corrected chi connectivity index (χ4v) is 4.10. The maximum atomic E-state index is 13.5. The van der Waals surface area contributed by atoms with Crippen molar-refractivity contribution in [1.82, 2.24) is 14.0 Å². The van der Waals surface area contributed by atoms with E-state index < -0.39 is 29.0 Å². The third kappa shape index (κ3) is 4.65. The monoisotopic (exact) mass is 480 g/mol. The first-order chi connectivity index (χ1) is 16.7. The Morgan fingerprint density at radius 1 is 1.14 bits per heavy atom. The number of likely N-dealkylation sites (N-methyl/N-ethyl adjacent to an activating group) is 1. The van der Waals surface area contributed by atoms with Gasteiger partial charge in [-0.2, -0.15) is 0 Å². The largest absolute Gasteiger partial charge is 0.372 e. The second kappa shape index (κ2) is 10.2. The normalized spacial score (nSPS) is 10.8. The summed E-state index contributed by atoms with van der Waals surface area (Å²) in [7, 11) is 1.19. The van der Waals surface area contributed by atoms with E-state index in [4.69, 9.17) is 5.73 Å². The molecule has 0 aliphatic heterocycles. The summed E-state index contributed by atoms with van der Waals surface area (Å²) >= 11 is 0. The number of carbonyl (C=O) groups is 2. The Morgan fingerprint density at radius 2 is 1.77 bits per heavy atom. The predicted octanol–water partition coefficient (Wildman–Crippen LogP) is 2.81. The number of rotatable bonds is 9. The van der Waals surface area contributed by atoms with Crippen molar-refractivity contribution in [3.63, 3.8) is 0 Å². The van der Waals surface area contributed by atoms with Gasteiger partial charge in [0, 0.05) is 38.4 Å². The average Bonchev–Trinajstić information content (AvgIpc) is 3.11. The van der Waals surface area contributed by atoms with Gasteiger partial charge < -0.3 is 10.6 Å². The molecule has 0 radical (unpaired) electrons. The summed E-state index contributed by atoms with van der Waals surface area (Å²) in [5.74, 6) is -0.734. The number of nitrogens with two attached hydrogens (primary N) is 1. The molecule has 0 atom stereocenters. The number of benzene rings is 2. The molecule has 3 aromatic rings. The number of anilines is 1. The van der Waals surface area contributed by atoms with Crippen LogP contribution in [-0.4, -0.2) is 51.0 Å². The van der Waals surface area contributed by atoms with E-state index in [9.17, 15) is 24.5 Å². The van der Waals surface area contributed by atoms with Crippen LogP contribution in [0.15, 0.2) is 53.8 Å². The summed E-state index contributed by atoms with van der Waals surface area (Å²) in [4.78, 5) is 51.6. The number of amides is 3. The summed E-state index contributed by atoms with van der Waals surface area (Å²) in [6.45, 7) is 9.51. The minimum atomic E-state index is -0.987. The van der Waals surface area contributed by atoms with Gasteiger partial charge in [-0.1, -0.05) is 6.08 Å². The third-order valence-electron chi connectivity index (χ3n) is 5.95. The van der Waals surface area contributed by atoms with Gasteiger partial charge in [0.1, 0.15) is 0 Å². The summed E-state index contributed by atoms with van der Waals surface area (Å²) in [5, 5.41) is 11.8. The SMILES string of the molecule is C=CCn1c(=O)n(-c2ccc(N(CC)CC)cc2)c2ccc([N+](=O)[O-])c(CC(=O)N(C)C(N)=O)c21. The molecule has 0 unspecified atom stereocenters. The van der Waals surface area contributed by atoms with E-state index in [1.165, 1.54) is 34.4 Å². The van der Waals surface area contributed by atoms with Crippen molar-refractivity contribution < 1.29 is 14.5 Å². The maximum absolute atomic E-state index is 13.5. The van der Waals surface area contributed by atoms with Crippen LogP contribution in [0.3, 0.4) is 0 Å². The minimum Gasteiger partial charge on any atom is -0.372 e. The highest BCUT2D eigenvalue weighted by molar-refractivity contribution is 5.97. The summed E-state index contributed by atoms with van der Waals surface area (Å²) in [6.07, 6.45) is 1.00. The molecule has 1 aromatic heterocycles. The first-order valence-electron chi connectivity index (χ1n) is 11.1. The molecule has 0 aliphatic carbocycles. The lowest BCUT2D eigenvalue weighted by Gasteiger charge is -2.21. The molecule has 0 fully saturated rings. The standard InChI is InChI=1S/C24H28N6O5/c1-5-14-28-22-18(15-21(31)26(4)23(25)32)19(30(34)35)12-13-20(22)29(24(28)33)17-10-8-16(9-11-17)27(6-2)7-3/h5,8-13H,1,6-7,14-15H2,2-4H3,(H2,25,32). The van der Waals surface area contributed by atoms with E-state index in [0.29, 0.717) is 16.1 Å². The third-order valence-corrected chi connectivity index (χ3v) is 5.95. The molecule has 3 amide bonds. The molecule has 0 bridgehead atoms.